The number of benzene rings is 1. The maximum Gasteiger partial charge on any atom is 0.416 e. The van der Waals surface area contributed by atoms with E-state index in [-0.39, 0.29) is 42.3 Å². The van der Waals surface area contributed by atoms with Crippen molar-refractivity contribution < 1.29 is 18.0 Å². The fraction of sp³-hybridized carbons (Fsp3) is 0.500. The third-order valence-electron chi connectivity index (χ3n) is 4.37. The van der Waals surface area contributed by atoms with Gasteiger partial charge in [-0.15, -0.1) is 24.0 Å². The van der Waals surface area contributed by atoms with E-state index in [1.165, 1.54) is 12.1 Å². The number of carbonyl (C=O) groups is 1. The molecule has 5 nitrogen and oxygen atoms in total. The van der Waals surface area contributed by atoms with Crippen molar-refractivity contribution in [3.05, 3.63) is 35.4 Å². The zero-order valence-corrected chi connectivity index (χ0v) is 18.6. The lowest BCUT2D eigenvalue weighted by Crippen LogP contribution is -2.47. The van der Waals surface area contributed by atoms with Gasteiger partial charge in [0.2, 0.25) is 5.91 Å². The van der Waals surface area contributed by atoms with E-state index < -0.39 is 11.7 Å². The molecule has 29 heavy (non-hydrogen) atoms. The molecule has 0 bridgehead atoms. The zero-order chi connectivity index (χ0) is 20.6. The Bertz CT molecular complexity index is 771. The van der Waals surface area contributed by atoms with E-state index in [1.807, 2.05) is 6.92 Å². The molecule has 1 aliphatic heterocycles. The molecule has 1 heterocycles. The van der Waals surface area contributed by atoms with Crippen LogP contribution >= 0.6 is 24.0 Å². The number of guanidine groups is 1. The number of hydrogen-bond donors (Lipinski definition) is 2. The van der Waals surface area contributed by atoms with Gasteiger partial charge in [0.25, 0.3) is 0 Å². The summed E-state index contributed by atoms with van der Waals surface area (Å²) in [6.45, 7) is 4.30. The summed E-state index contributed by atoms with van der Waals surface area (Å²) in [7, 11) is 0. The Kier molecular flexibility index (Phi) is 10.3. The molecular formula is C20H26F3IN4O. The third-order valence-corrected chi connectivity index (χ3v) is 4.37. The Morgan fingerprint density at radius 1 is 1.41 bits per heavy atom. The van der Waals surface area contributed by atoms with Gasteiger partial charge in [-0.3, -0.25) is 4.79 Å². The van der Waals surface area contributed by atoms with Crippen LogP contribution in [0.25, 0.3) is 0 Å². The number of primary amides is 1. The van der Waals surface area contributed by atoms with Crippen molar-refractivity contribution in [3.63, 3.8) is 0 Å². The quantitative estimate of drug-likeness (QED) is 0.276. The van der Waals surface area contributed by atoms with Crippen molar-refractivity contribution in [2.24, 2.45) is 16.6 Å². The molecule has 1 aromatic carbocycles. The van der Waals surface area contributed by atoms with Gasteiger partial charge in [-0.1, -0.05) is 17.9 Å². The monoisotopic (exact) mass is 522 g/mol. The van der Waals surface area contributed by atoms with Gasteiger partial charge in [0.05, 0.1) is 5.56 Å². The number of nitrogens with zero attached hydrogens (tertiary/aromatic N) is 2. The minimum absolute atomic E-state index is 0. The standard InChI is InChI=1S/C20H25F3N4O.HI/c1-2-25-19(27-11-5-8-16(14-27)13-18(24)28)26-10-4-7-15-6-3-9-17(12-15)20(21,22)23;/h3,6,9,12,16H,2,5,8,10-11,13-14H2,1H3,(H2,24,28)(H,25,26);1H. The molecule has 1 unspecified atom stereocenters. The summed E-state index contributed by atoms with van der Waals surface area (Å²) in [5.74, 6) is 6.12. The lowest BCUT2D eigenvalue weighted by molar-refractivity contribution is -0.137. The van der Waals surface area contributed by atoms with Crippen LogP contribution in [0.3, 0.4) is 0 Å². The van der Waals surface area contributed by atoms with Crippen LogP contribution in [-0.4, -0.2) is 42.9 Å². The van der Waals surface area contributed by atoms with E-state index in [0.29, 0.717) is 31.0 Å². The van der Waals surface area contributed by atoms with Gasteiger partial charge in [-0.2, -0.15) is 13.2 Å². The fourth-order valence-corrected chi connectivity index (χ4v) is 3.16. The Hall–Kier alpha value is -1.96. The van der Waals surface area contributed by atoms with Crippen molar-refractivity contribution in [1.29, 1.82) is 0 Å². The number of hydrogen-bond acceptors (Lipinski definition) is 2. The minimum atomic E-state index is -4.39. The number of amides is 1. The molecule has 1 amide bonds. The number of carbonyl (C=O) groups excluding carboxylic acids is 1. The highest BCUT2D eigenvalue weighted by Crippen LogP contribution is 2.29. The minimum Gasteiger partial charge on any atom is -0.370 e. The molecule has 1 saturated heterocycles. The third kappa shape index (κ3) is 8.51. The van der Waals surface area contributed by atoms with Crippen LogP contribution in [0.4, 0.5) is 13.2 Å². The van der Waals surface area contributed by atoms with Crippen LogP contribution in [0.1, 0.15) is 37.3 Å². The summed E-state index contributed by atoms with van der Waals surface area (Å²) in [4.78, 5) is 17.7. The second-order valence-corrected chi connectivity index (χ2v) is 6.68. The summed E-state index contributed by atoms with van der Waals surface area (Å²) in [6.07, 6.45) is -2.14. The van der Waals surface area contributed by atoms with E-state index in [0.717, 1.165) is 31.5 Å². The number of rotatable bonds is 4. The highest BCUT2D eigenvalue weighted by Gasteiger charge is 2.30. The molecule has 1 atom stereocenters. The summed E-state index contributed by atoms with van der Waals surface area (Å²) in [5, 5.41) is 3.20. The predicted molar refractivity (Wildman–Crippen MR) is 118 cm³/mol. The van der Waals surface area contributed by atoms with Gasteiger partial charge >= 0.3 is 6.18 Å². The Balaban J connectivity index is 0.00000420. The summed E-state index contributed by atoms with van der Waals surface area (Å²) < 4.78 is 38.3. The summed E-state index contributed by atoms with van der Waals surface area (Å²) in [5.41, 5.74) is 4.89. The summed E-state index contributed by atoms with van der Waals surface area (Å²) in [6, 6.07) is 4.93. The average molecular weight is 522 g/mol. The molecule has 1 aliphatic rings. The number of alkyl halides is 3. The first-order valence-corrected chi connectivity index (χ1v) is 9.27. The SMILES string of the molecule is CCNC(=NCC#Cc1cccc(C(F)(F)F)c1)N1CCCC(CC(N)=O)C1.I. The lowest BCUT2D eigenvalue weighted by atomic mass is 9.95. The highest BCUT2D eigenvalue weighted by atomic mass is 127. The molecule has 1 fully saturated rings. The largest absolute Gasteiger partial charge is 0.416 e. The number of aliphatic imine (C=N–C) groups is 1. The van der Waals surface area contributed by atoms with Crippen molar-refractivity contribution in [1.82, 2.24) is 10.2 Å². The van der Waals surface area contributed by atoms with Crippen LogP contribution in [0.5, 0.6) is 0 Å². The molecule has 0 aromatic heterocycles. The number of piperidine rings is 1. The van der Waals surface area contributed by atoms with Crippen molar-refractivity contribution in [3.8, 4) is 11.8 Å². The van der Waals surface area contributed by atoms with E-state index >= 15 is 0 Å². The second kappa shape index (κ2) is 11.9. The molecule has 0 radical (unpaired) electrons. The first-order valence-electron chi connectivity index (χ1n) is 9.27. The first kappa shape index (κ1) is 25.1. The number of halogens is 4. The lowest BCUT2D eigenvalue weighted by Gasteiger charge is -2.34. The van der Waals surface area contributed by atoms with Gasteiger partial charge in [0.1, 0.15) is 6.54 Å². The first-order chi connectivity index (χ1) is 13.3. The topological polar surface area (TPSA) is 70.7 Å². The predicted octanol–water partition coefficient (Wildman–Crippen LogP) is 3.23. The Morgan fingerprint density at radius 3 is 2.83 bits per heavy atom. The van der Waals surface area contributed by atoms with Gasteiger partial charge in [0, 0.05) is 31.6 Å². The van der Waals surface area contributed by atoms with Crippen molar-refractivity contribution >= 4 is 35.8 Å². The molecule has 0 aliphatic carbocycles. The molecule has 160 valence electrons. The molecule has 9 heteroatoms. The molecule has 2 rings (SSSR count). The normalized spacial score (nSPS) is 17.0. The van der Waals surface area contributed by atoms with Crippen LogP contribution in [-0.2, 0) is 11.0 Å². The van der Waals surface area contributed by atoms with Gasteiger partial charge in [-0.05, 0) is 43.9 Å². The molecule has 1 aromatic rings. The zero-order valence-electron chi connectivity index (χ0n) is 16.3. The van der Waals surface area contributed by atoms with Crippen LogP contribution in [0.15, 0.2) is 29.3 Å². The summed E-state index contributed by atoms with van der Waals surface area (Å²) >= 11 is 0. The van der Waals surface area contributed by atoms with Crippen LogP contribution in [0, 0.1) is 17.8 Å². The maximum absolute atomic E-state index is 12.8. The molecular weight excluding hydrogens is 496 g/mol. The van der Waals surface area contributed by atoms with Gasteiger partial charge in [-0.25, -0.2) is 4.99 Å². The highest BCUT2D eigenvalue weighted by molar-refractivity contribution is 14.0. The second-order valence-electron chi connectivity index (χ2n) is 6.68. The van der Waals surface area contributed by atoms with Crippen molar-refractivity contribution in [2.75, 3.05) is 26.2 Å². The van der Waals surface area contributed by atoms with E-state index in [2.05, 4.69) is 27.0 Å². The van der Waals surface area contributed by atoms with Gasteiger partial charge in [0.15, 0.2) is 5.96 Å². The van der Waals surface area contributed by atoms with Gasteiger partial charge < -0.3 is 16.0 Å². The Labute approximate surface area is 186 Å². The average Bonchev–Trinajstić information content (AvgIpc) is 2.63. The van der Waals surface area contributed by atoms with Crippen molar-refractivity contribution in [2.45, 2.75) is 32.4 Å². The smallest absolute Gasteiger partial charge is 0.370 e. The molecule has 0 saturated carbocycles. The number of likely N-dealkylation sites (tertiary alicyclic amines) is 1. The number of nitrogens with one attached hydrogen (secondary N) is 1. The van der Waals surface area contributed by atoms with E-state index in [4.69, 9.17) is 5.73 Å². The molecule has 3 N–H and O–H groups in total. The van der Waals surface area contributed by atoms with Crippen LogP contribution < -0.4 is 11.1 Å². The number of nitrogens with two attached hydrogens (primary N) is 1. The Morgan fingerprint density at radius 2 is 2.17 bits per heavy atom. The van der Waals surface area contributed by atoms with E-state index in [1.54, 1.807) is 0 Å². The fourth-order valence-electron chi connectivity index (χ4n) is 3.16. The maximum atomic E-state index is 12.8. The van der Waals surface area contributed by atoms with E-state index in [9.17, 15) is 18.0 Å². The van der Waals surface area contributed by atoms with Crippen LogP contribution in [0.2, 0.25) is 0 Å². The molecule has 0 spiro atoms.